The van der Waals surface area contributed by atoms with Gasteiger partial charge < -0.3 is 5.73 Å². The third-order valence-corrected chi connectivity index (χ3v) is 3.99. The molecule has 0 aromatic heterocycles. The fraction of sp³-hybridized carbons (Fsp3) is 0.294. The first-order valence-electron chi connectivity index (χ1n) is 6.72. The van der Waals surface area contributed by atoms with Crippen molar-refractivity contribution in [2.75, 3.05) is 0 Å². The summed E-state index contributed by atoms with van der Waals surface area (Å²) >= 11 is 0. The zero-order chi connectivity index (χ0) is 13.6. The van der Waals surface area contributed by atoms with E-state index in [2.05, 4.69) is 12.1 Å². The molecule has 3 rings (SSSR count). The summed E-state index contributed by atoms with van der Waals surface area (Å²) in [6, 6.07) is 9.92. The van der Waals surface area contributed by atoms with E-state index in [9.17, 15) is 4.39 Å². The summed E-state index contributed by atoms with van der Waals surface area (Å²) in [4.78, 5) is 0. The molecule has 0 aliphatic heterocycles. The number of hydrogen-bond acceptors (Lipinski definition) is 1. The largest absolute Gasteiger partial charge is 0.324 e. The molecule has 2 aromatic carbocycles. The fourth-order valence-corrected chi connectivity index (χ4v) is 3.09. The fourth-order valence-electron chi connectivity index (χ4n) is 3.09. The molecule has 0 heterocycles. The molecule has 1 unspecified atom stereocenters. The Morgan fingerprint density at radius 3 is 2.68 bits per heavy atom. The number of halogens is 1. The zero-order valence-electron chi connectivity index (χ0n) is 11.3. The van der Waals surface area contributed by atoms with Crippen LogP contribution in [0.25, 0.3) is 11.1 Å². The molecule has 0 amide bonds. The van der Waals surface area contributed by atoms with Crippen LogP contribution in [0.5, 0.6) is 0 Å². The first-order valence-corrected chi connectivity index (χ1v) is 6.72. The lowest BCUT2D eigenvalue weighted by Crippen LogP contribution is -2.04. The number of fused-ring (bicyclic) bond motifs is 1. The SMILES string of the molecule is Cc1cc(C)c(-c2ccc3c(c2)CCC3N)c(F)c1. The maximum absolute atomic E-state index is 14.2. The Kier molecular flexibility index (Phi) is 2.90. The van der Waals surface area contributed by atoms with Gasteiger partial charge in [-0.3, -0.25) is 0 Å². The minimum atomic E-state index is -0.139. The average molecular weight is 255 g/mol. The first kappa shape index (κ1) is 12.4. The third kappa shape index (κ3) is 2.06. The molecular formula is C17H18FN. The van der Waals surface area contributed by atoms with E-state index in [1.807, 2.05) is 26.0 Å². The lowest BCUT2D eigenvalue weighted by molar-refractivity contribution is 0.629. The Morgan fingerprint density at radius 1 is 1.16 bits per heavy atom. The van der Waals surface area contributed by atoms with Gasteiger partial charge in [-0.2, -0.15) is 0 Å². The summed E-state index contributed by atoms with van der Waals surface area (Å²) in [6.45, 7) is 3.88. The molecule has 0 spiro atoms. The topological polar surface area (TPSA) is 26.0 Å². The van der Waals surface area contributed by atoms with Crippen molar-refractivity contribution in [1.29, 1.82) is 0 Å². The molecule has 0 saturated heterocycles. The average Bonchev–Trinajstić information content (AvgIpc) is 2.69. The highest BCUT2D eigenvalue weighted by Crippen LogP contribution is 2.34. The molecule has 2 N–H and O–H groups in total. The van der Waals surface area contributed by atoms with Gasteiger partial charge in [-0.1, -0.05) is 24.3 Å². The van der Waals surface area contributed by atoms with Crippen molar-refractivity contribution >= 4 is 0 Å². The van der Waals surface area contributed by atoms with E-state index in [0.717, 1.165) is 29.5 Å². The second-order valence-corrected chi connectivity index (χ2v) is 5.50. The molecule has 1 aliphatic carbocycles. The second kappa shape index (κ2) is 4.46. The van der Waals surface area contributed by atoms with Gasteiger partial charge in [0, 0.05) is 11.6 Å². The Morgan fingerprint density at radius 2 is 1.95 bits per heavy atom. The second-order valence-electron chi connectivity index (χ2n) is 5.50. The number of benzene rings is 2. The molecule has 0 radical (unpaired) electrons. The molecule has 1 nitrogen and oxygen atoms in total. The van der Waals surface area contributed by atoms with Gasteiger partial charge in [-0.15, -0.1) is 0 Å². The van der Waals surface area contributed by atoms with Crippen LogP contribution in [0.3, 0.4) is 0 Å². The molecule has 2 aromatic rings. The molecule has 0 saturated carbocycles. The summed E-state index contributed by atoms with van der Waals surface area (Å²) in [5.41, 5.74) is 12.1. The van der Waals surface area contributed by atoms with Crippen molar-refractivity contribution < 1.29 is 4.39 Å². The monoisotopic (exact) mass is 255 g/mol. The van der Waals surface area contributed by atoms with Crippen LogP contribution < -0.4 is 5.73 Å². The van der Waals surface area contributed by atoms with Gasteiger partial charge in [0.25, 0.3) is 0 Å². The Balaban J connectivity index is 2.14. The van der Waals surface area contributed by atoms with Crippen LogP contribution in [0, 0.1) is 19.7 Å². The molecule has 19 heavy (non-hydrogen) atoms. The highest BCUT2D eigenvalue weighted by molar-refractivity contribution is 5.70. The van der Waals surface area contributed by atoms with Crippen molar-refractivity contribution in [2.24, 2.45) is 5.73 Å². The van der Waals surface area contributed by atoms with E-state index in [0.29, 0.717) is 5.56 Å². The molecule has 0 bridgehead atoms. The van der Waals surface area contributed by atoms with E-state index in [1.54, 1.807) is 6.07 Å². The summed E-state index contributed by atoms with van der Waals surface area (Å²) in [5.74, 6) is -0.139. The van der Waals surface area contributed by atoms with E-state index >= 15 is 0 Å². The Labute approximate surface area is 113 Å². The van der Waals surface area contributed by atoms with Crippen LogP contribution >= 0.6 is 0 Å². The van der Waals surface area contributed by atoms with E-state index in [1.165, 1.54) is 11.1 Å². The molecule has 0 fully saturated rings. The molecule has 98 valence electrons. The van der Waals surface area contributed by atoms with Gasteiger partial charge in [-0.05, 0) is 60.6 Å². The molecule has 1 aliphatic rings. The van der Waals surface area contributed by atoms with Crippen LogP contribution in [0.2, 0.25) is 0 Å². The quantitative estimate of drug-likeness (QED) is 0.817. The number of rotatable bonds is 1. The van der Waals surface area contributed by atoms with Gasteiger partial charge >= 0.3 is 0 Å². The summed E-state index contributed by atoms with van der Waals surface area (Å²) in [7, 11) is 0. The van der Waals surface area contributed by atoms with E-state index in [4.69, 9.17) is 5.73 Å². The minimum absolute atomic E-state index is 0.139. The van der Waals surface area contributed by atoms with Crippen LogP contribution in [-0.4, -0.2) is 0 Å². The zero-order valence-corrected chi connectivity index (χ0v) is 11.3. The number of aryl methyl sites for hydroxylation is 3. The summed E-state index contributed by atoms with van der Waals surface area (Å²) in [5, 5.41) is 0. The third-order valence-electron chi connectivity index (χ3n) is 3.99. The lowest BCUT2D eigenvalue weighted by atomic mass is 9.95. The van der Waals surface area contributed by atoms with E-state index in [-0.39, 0.29) is 11.9 Å². The van der Waals surface area contributed by atoms with Crippen LogP contribution in [0.1, 0.15) is 34.7 Å². The van der Waals surface area contributed by atoms with Gasteiger partial charge in [0.1, 0.15) is 5.82 Å². The molecule has 1 atom stereocenters. The number of hydrogen-bond donors (Lipinski definition) is 1. The van der Waals surface area contributed by atoms with Crippen LogP contribution in [0.4, 0.5) is 4.39 Å². The van der Waals surface area contributed by atoms with Crippen molar-refractivity contribution in [3.8, 4) is 11.1 Å². The predicted octanol–water partition coefficient (Wildman–Crippen LogP) is 4.06. The normalized spacial score (nSPS) is 17.6. The van der Waals surface area contributed by atoms with E-state index < -0.39 is 0 Å². The lowest BCUT2D eigenvalue weighted by Gasteiger charge is -2.11. The summed E-state index contributed by atoms with van der Waals surface area (Å²) in [6.07, 6.45) is 1.99. The van der Waals surface area contributed by atoms with Crippen molar-refractivity contribution in [2.45, 2.75) is 32.7 Å². The minimum Gasteiger partial charge on any atom is -0.324 e. The maximum Gasteiger partial charge on any atom is 0.131 e. The Hall–Kier alpha value is -1.67. The summed E-state index contributed by atoms with van der Waals surface area (Å²) < 4.78 is 14.2. The Bertz CT molecular complexity index is 623. The smallest absolute Gasteiger partial charge is 0.131 e. The van der Waals surface area contributed by atoms with Crippen molar-refractivity contribution in [3.63, 3.8) is 0 Å². The van der Waals surface area contributed by atoms with Gasteiger partial charge in [0.15, 0.2) is 0 Å². The highest BCUT2D eigenvalue weighted by atomic mass is 19.1. The number of nitrogens with two attached hydrogens (primary N) is 1. The van der Waals surface area contributed by atoms with Gasteiger partial charge in [0.2, 0.25) is 0 Å². The van der Waals surface area contributed by atoms with Gasteiger partial charge in [-0.25, -0.2) is 4.39 Å². The van der Waals surface area contributed by atoms with Crippen molar-refractivity contribution in [1.82, 2.24) is 0 Å². The molecule has 2 heteroatoms. The van der Waals surface area contributed by atoms with Crippen molar-refractivity contribution in [3.05, 3.63) is 58.4 Å². The standard InChI is InChI=1S/C17H18FN/c1-10-7-11(2)17(15(18)8-10)13-3-5-14-12(9-13)4-6-16(14)19/h3,5,7-9,16H,4,6,19H2,1-2H3. The van der Waals surface area contributed by atoms with Crippen LogP contribution in [0.15, 0.2) is 30.3 Å². The predicted molar refractivity (Wildman–Crippen MR) is 76.6 cm³/mol. The van der Waals surface area contributed by atoms with Gasteiger partial charge in [0.05, 0.1) is 0 Å². The molecular weight excluding hydrogens is 237 g/mol. The van der Waals surface area contributed by atoms with Crippen LogP contribution in [-0.2, 0) is 6.42 Å². The first-order chi connectivity index (χ1) is 9.06. The highest BCUT2D eigenvalue weighted by Gasteiger charge is 2.20. The maximum atomic E-state index is 14.2.